The first-order valence-corrected chi connectivity index (χ1v) is 6.05. The maximum atomic E-state index is 10.9. The number of hydrogen-bond acceptors (Lipinski definition) is 5. The first-order valence-electron chi connectivity index (χ1n) is 6.05. The van der Waals surface area contributed by atoms with Gasteiger partial charge in [-0.15, -0.1) is 0 Å². The lowest BCUT2D eigenvalue weighted by atomic mass is 10.0. The third kappa shape index (κ3) is 4.63. The van der Waals surface area contributed by atoms with Crippen LogP contribution in [0, 0.1) is 20.2 Å². The van der Waals surface area contributed by atoms with Gasteiger partial charge >= 0.3 is 5.97 Å². The Bertz CT molecular complexity index is 529. The van der Waals surface area contributed by atoms with Crippen LogP contribution in [0.1, 0.15) is 31.2 Å². The van der Waals surface area contributed by atoms with Crippen LogP contribution >= 0.6 is 0 Å². The SMILES string of the molecule is O=C(O)CCCCCc1ccc([N+](=O)[O-])cc1[N+](=O)[O-]. The lowest BCUT2D eigenvalue weighted by molar-refractivity contribution is -0.394. The van der Waals surface area contributed by atoms with Crippen LogP contribution in [0.25, 0.3) is 0 Å². The number of aliphatic carboxylic acids is 1. The maximum Gasteiger partial charge on any atom is 0.303 e. The van der Waals surface area contributed by atoms with E-state index in [1.807, 2.05) is 0 Å². The highest BCUT2D eigenvalue weighted by Crippen LogP contribution is 2.26. The van der Waals surface area contributed by atoms with E-state index < -0.39 is 15.8 Å². The maximum absolute atomic E-state index is 10.9. The van der Waals surface area contributed by atoms with Crippen molar-refractivity contribution in [1.82, 2.24) is 0 Å². The standard InChI is InChI=1S/C12H14N2O6/c15-12(16)5-3-1-2-4-9-6-7-10(13(17)18)8-11(9)14(19)20/h6-8H,1-5H2,(H,15,16). The van der Waals surface area contributed by atoms with Crippen LogP contribution in [-0.2, 0) is 11.2 Å². The fourth-order valence-corrected chi connectivity index (χ4v) is 1.82. The summed E-state index contributed by atoms with van der Waals surface area (Å²) in [4.78, 5) is 30.5. The van der Waals surface area contributed by atoms with Crippen molar-refractivity contribution in [2.45, 2.75) is 32.1 Å². The lowest BCUT2D eigenvalue weighted by Gasteiger charge is -2.03. The number of aryl methyl sites for hydroxylation is 1. The topological polar surface area (TPSA) is 124 Å². The zero-order valence-electron chi connectivity index (χ0n) is 10.7. The summed E-state index contributed by atoms with van der Waals surface area (Å²) in [5.41, 5.74) is -0.153. The van der Waals surface area contributed by atoms with Crippen molar-refractivity contribution in [1.29, 1.82) is 0 Å². The minimum atomic E-state index is -0.869. The molecule has 0 aliphatic heterocycles. The molecule has 0 unspecified atom stereocenters. The van der Waals surface area contributed by atoms with Gasteiger partial charge in [0.2, 0.25) is 0 Å². The molecule has 0 aliphatic rings. The van der Waals surface area contributed by atoms with Crippen molar-refractivity contribution in [2.24, 2.45) is 0 Å². The Hall–Kier alpha value is -2.51. The third-order valence-corrected chi connectivity index (χ3v) is 2.81. The predicted molar refractivity (Wildman–Crippen MR) is 69.6 cm³/mol. The molecule has 20 heavy (non-hydrogen) atoms. The van der Waals surface area contributed by atoms with Crippen LogP contribution in [0.2, 0.25) is 0 Å². The van der Waals surface area contributed by atoms with Gasteiger partial charge in [0.1, 0.15) is 0 Å². The van der Waals surface area contributed by atoms with Gasteiger partial charge in [-0.05, 0) is 25.3 Å². The van der Waals surface area contributed by atoms with Gasteiger partial charge < -0.3 is 5.11 Å². The van der Waals surface area contributed by atoms with Gasteiger partial charge in [-0.1, -0.05) is 6.42 Å². The van der Waals surface area contributed by atoms with Crippen LogP contribution in [0.3, 0.4) is 0 Å². The number of carboxylic acids is 1. The first-order chi connectivity index (χ1) is 9.41. The average Bonchev–Trinajstić information content (AvgIpc) is 2.37. The van der Waals surface area contributed by atoms with E-state index in [0.717, 1.165) is 6.07 Å². The molecule has 0 saturated carbocycles. The van der Waals surface area contributed by atoms with Crippen molar-refractivity contribution >= 4 is 17.3 Å². The predicted octanol–water partition coefficient (Wildman–Crippen LogP) is 2.69. The van der Waals surface area contributed by atoms with Crippen molar-refractivity contribution in [3.8, 4) is 0 Å². The molecule has 0 spiro atoms. The molecule has 0 aliphatic carbocycles. The molecular weight excluding hydrogens is 268 g/mol. The van der Waals surface area contributed by atoms with Gasteiger partial charge in [-0.2, -0.15) is 0 Å². The molecule has 1 aromatic rings. The molecule has 0 heterocycles. The first kappa shape index (κ1) is 15.5. The summed E-state index contributed by atoms with van der Waals surface area (Å²) in [6.07, 6.45) is 2.22. The van der Waals surface area contributed by atoms with E-state index in [1.165, 1.54) is 12.1 Å². The zero-order chi connectivity index (χ0) is 15.1. The van der Waals surface area contributed by atoms with Crippen LogP contribution in [-0.4, -0.2) is 20.9 Å². The van der Waals surface area contributed by atoms with E-state index >= 15 is 0 Å². The lowest BCUT2D eigenvalue weighted by Crippen LogP contribution is -1.99. The molecule has 108 valence electrons. The van der Waals surface area contributed by atoms with Gasteiger partial charge in [0.05, 0.1) is 15.9 Å². The normalized spacial score (nSPS) is 10.2. The van der Waals surface area contributed by atoms with Gasteiger partial charge in [0.25, 0.3) is 11.4 Å². The summed E-state index contributed by atoms with van der Waals surface area (Å²) in [6.45, 7) is 0. The van der Waals surface area contributed by atoms with Gasteiger partial charge in [0.15, 0.2) is 0 Å². The summed E-state index contributed by atoms with van der Waals surface area (Å²) < 4.78 is 0. The number of nitro benzene ring substituents is 2. The summed E-state index contributed by atoms with van der Waals surface area (Å²) in [5, 5.41) is 29.9. The molecule has 1 aromatic carbocycles. The molecule has 0 bridgehead atoms. The average molecular weight is 282 g/mol. The molecular formula is C12H14N2O6. The van der Waals surface area contributed by atoms with Gasteiger partial charge in [-0.3, -0.25) is 25.0 Å². The molecule has 8 heteroatoms. The molecule has 0 atom stereocenters. The Labute approximate surface area is 114 Å². The number of nitro groups is 2. The number of non-ortho nitro benzene ring substituents is 1. The highest BCUT2D eigenvalue weighted by molar-refractivity contribution is 5.66. The molecule has 1 N–H and O–H groups in total. The Morgan fingerprint density at radius 1 is 1.10 bits per heavy atom. The minimum absolute atomic E-state index is 0.0718. The smallest absolute Gasteiger partial charge is 0.303 e. The Kier molecular flexibility index (Phi) is 5.57. The Morgan fingerprint density at radius 2 is 1.80 bits per heavy atom. The molecule has 1 rings (SSSR count). The second-order valence-electron chi connectivity index (χ2n) is 4.28. The fourth-order valence-electron chi connectivity index (χ4n) is 1.82. The molecule has 0 fully saturated rings. The Balaban J connectivity index is 2.67. The molecule has 0 radical (unpaired) electrons. The van der Waals surface area contributed by atoms with E-state index in [9.17, 15) is 25.0 Å². The van der Waals surface area contributed by atoms with Gasteiger partial charge in [-0.25, -0.2) is 0 Å². The minimum Gasteiger partial charge on any atom is -0.481 e. The fraction of sp³-hybridized carbons (Fsp3) is 0.417. The number of carbonyl (C=O) groups is 1. The van der Waals surface area contributed by atoms with Crippen LogP contribution in [0.4, 0.5) is 11.4 Å². The van der Waals surface area contributed by atoms with E-state index in [2.05, 4.69) is 0 Å². The molecule has 8 nitrogen and oxygen atoms in total. The van der Waals surface area contributed by atoms with Crippen molar-refractivity contribution in [3.05, 3.63) is 44.0 Å². The van der Waals surface area contributed by atoms with Crippen molar-refractivity contribution in [3.63, 3.8) is 0 Å². The number of unbranched alkanes of at least 4 members (excludes halogenated alkanes) is 2. The van der Waals surface area contributed by atoms with Gasteiger partial charge in [0, 0.05) is 18.1 Å². The molecule has 0 saturated heterocycles. The van der Waals surface area contributed by atoms with Crippen LogP contribution in [0.15, 0.2) is 18.2 Å². The summed E-state index contributed by atoms with van der Waals surface area (Å²) in [6, 6.07) is 3.57. The van der Waals surface area contributed by atoms with E-state index in [4.69, 9.17) is 5.11 Å². The second-order valence-corrected chi connectivity index (χ2v) is 4.28. The van der Waals surface area contributed by atoms with Crippen LogP contribution in [0.5, 0.6) is 0 Å². The number of rotatable bonds is 8. The number of carboxylic acid groups (broad SMARTS) is 1. The largest absolute Gasteiger partial charge is 0.481 e. The second kappa shape index (κ2) is 7.17. The number of benzene rings is 1. The van der Waals surface area contributed by atoms with Crippen molar-refractivity contribution < 1.29 is 19.7 Å². The molecule has 0 amide bonds. The van der Waals surface area contributed by atoms with E-state index in [0.29, 0.717) is 31.2 Å². The molecule has 0 aromatic heterocycles. The van der Waals surface area contributed by atoms with Crippen molar-refractivity contribution in [2.75, 3.05) is 0 Å². The summed E-state index contributed by atoms with van der Waals surface area (Å²) in [7, 11) is 0. The highest BCUT2D eigenvalue weighted by atomic mass is 16.6. The summed E-state index contributed by atoms with van der Waals surface area (Å²) in [5.74, 6) is -0.869. The Morgan fingerprint density at radius 3 is 2.35 bits per heavy atom. The quantitative estimate of drug-likeness (QED) is 0.444. The third-order valence-electron chi connectivity index (χ3n) is 2.81. The number of hydrogen-bond donors (Lipinski definition) is 1. The van der Waals surface area contributed by atoms with E-state index in [1.54, 1.807) is 0 Å². The zero-order valence-corrected chi connectivity index (χ0v) is 10.7. The summed E-state index contributed by atoms with van der Waals surface area (Å²) >= 11 is 0. The van der Waals surface area contributed by atoms with E-state index in [-0.39, 0.29) is 17.8 Å². The monoisotopic (exact) mass is 282 g/mol. The van der Waals surface area contributed by atoms with Crippen LogP contribution < -0.4 is 0 Å². The highest BCUT2D eigenvalue weighted by Gasteiger charge is 2.18. The number of nitrogens with zero attached hydrogens (tertiary/aromatic N) is 2.